The Morgan fingerprint density at radius 3 is 2.63 bits per heavy atom. The Hall–Kier alpha value is -1.07. The zero-order valence-electron chi connectivity index (χ0n) is 11.7. The van der Waals surface area contributed by atoms with E-state index in [9.17, 15) is 4.79 Å². The summed E-state index contributed by atoms with van der Waals surface area (Å²) in [6.07, 6.45) is 0. The molecule has 0 aliphatic heterocycles. The Balaban J connectivity index is 2.82. The zero-order chi connectivity index (χ0) is 14.4. The maximum Gasteiger partial charge on any atom is 0.239 e. The van der Waals surface area contributed by atoms with Gasteiger partial charge in [-0.3, -0.25) is 4.79 Å². The quantitative estimate of drug-likeness (QED) is 0.842. The highest BCUT2D eigenvalue weighted by Crippen LogP contribution is 2.27. The summed E-state index contributed by atoms with van der Waals surface area (Å²) >= 11 is 3.54. The Kier molecular flexibility index (Phi) is 6.31. The predicted molar refractivity (Wildman–Crippen MR) is 83.2 cm³/mol. The SMILES string of the molecule is CCN(CC(=O)NC(C)C)c1ccc(CN)cc1Br. The van der Waals surface area contributed by atoms with E-state index in [2.05, 4.69) is 21.2 Å². The maximum atomic E-state index is 11.8. The minimum absolute atomic E-state index is 0.0339. The molecule has 0 spiro atoms. The minimum Gasteiger partial charge on any atom is -0.362 e. The van der Waals surface area contributed by atoms with Gasteiger partial charge < -0.3 is 16.0 Å². The first-order valence-electron chi connectivity index (χ1n) is 6.50. The third-order valence-electron chi connectivity index (χ3n) is 2.75. The number of nitrogens with zero attached hydrogens (tertiary/aromatic N) is 1. The normalized spacial score (nSPS) is 10.6. The van der Waals surface area contributed by atoms with Crippen LogP contribution in [0.15, 0.2) is 22.7 Å². The highest BCUT2D eigenvalue weighted by atomic mass is 79.9. The molecule has 0 aliphatic rings. The van der Waals surface area contributed by atoms with Crippen LogP contribution in [0.4, 0.5) is 5.69 Å². The van der Waals surface area contributed by atoms with Crippen LogP contribution in [0.2, 0.25) is 0 Å². The molecule has 0 atom stereocenters. The average molecular weight is 328 g/mol. The molecule has 19 heavy (non-hydrogen) atoms. The highest BCUT2D eigenvalue weighted by molar-refractivity contribution is 9.10. The average Bonchev–Trinajstić information content (AvgIpc) is 2.35. The summed E-state index contributed by atoms with van der Waals surface area (Å²) in [6.45, 7) is 7.59. The molecule has 4 nitrogen and oxygen atoms in total. The van der Waals surface area contributed by atoms with Gasteiger partial charge in [0.15, 0.2) is 0 Å². The van der Waals surface area contributed by atoms with Gasteiger partial charge in [-0.05, 0) is 54.4 Å². The number of carbonyl (C=O) groups excluding carboxylic acids is 1. The van der Waals surface area contributed by atoms with Crippen molar-refractivity contribution in [3.05, 3.63) is 28.2 Å². The molecule has 1 amide bonds. The van der Waals surface area contributed by atoms with Crippen LogP contribution in [-0.4, -0.2) is 25.0 Å². The van der Waals surface area contributed by atoms with E-state index in [4.69, 9.17) is 5.73 Å². The van der Waals surface area contributed by atoms with Gasteiger partial charge in [-0.25, -0.2) is 0 Å². The monoisotopic (exact) mass is 327 g/mol. The van der Waals surface area contributed by atoms with E-state index in [1.54, 1.807) is 0 Å². The number of hydrogen-bond donors (Lipinski definition) is 2. The molecule has 0 unspecified atom stereocenters. The molecule has 0 bridgehead atoms. The van der Waals surface area contributed by atoms with Gasteiger partial charge in [-0.1, -0.05) is 6.07 Å². The van der Waals surface area contributed by atoms with Crippen LogP contribution in [-0.2, 0) is 11.3 Å². The predicted octanol–water partition coefficient (Wildman–Crippen LogP) is 2.26. The molecule has 1 rings (SSSR count). The van der Waals surface area contributed by atoms with Gasteiger partial charge in [-0.2, -0.15) is 0 Å². The van der Waals surface area contributed by atoms with Crippen LogP contribution in [0.3, 0.4) is 0 Å². The topological polar surface area (TPSA) is 58.4 Å². The number of halogens is 1. The molecule has 0 fully saturated rings. The van der Waals surface area contributed by atoms with Gasteiger partial charge in [0.1, 0.15) is 0 Å². The lowest BCUT2D eigenvalue weighted by molar-refractivity contribution is -0.120. The summed E-state index contributed by atoms with van der Waals surface area (Å²) < 4.78 is 0.967. The summed E-state index contributed by atoms with van der Waals surface area (Å²) in [7, 11) is 0. The van der Waals surface area contributed by atoms with Crippen LogP contribution in [0, 0.1) is 0 Å². The number of rotatable bonds is 6. The number of hydrogen-bond acceptors (Lipinski definition) is 3. The Bertz CT molecular complexity index is 435. The number of nitrogens with one attached hydrogen (secondary N) is 1. The van der Waals surface area contributed by atoms with E-state index in [0.29, 0.717) is 13.1 Å². The van der Waals surface area contributed by atoms with Crippen molar-refractivity contribution in [1.82, 2.24) is 5.32 Å². The third-order valence-corrected chi connectivity index (χ3v) is 3.39. The number of amides is 1. The summed E-state index contributed by atoms with van der Waals surface area (Å²) in [5, 5.41) is 2.90. The lowest BCUT2D eigenvalue weighted by Gasteiger charge is -2.24. The van der Waals surface area contributed by atoms with E-state index < -0.39 is 0 Å². The Morgan fingerprint density at radius 1 is 1.47 bits per heavy atom. The van der Waals surface area contributed by atoms with Crippen molar-refractivity contribution in [1.29, 1.82) is 0 Å². The third kappa shape index (κ3) is 4.84. The summed E-state index contributed by atoms with van der Waals surface area (Å²) in [4.78, 5) is 13.9. The first-order valence-corrected chi connectivity index (χ1v) is 7.30. The molecule has 0 saturated carbocycles. The fourth-order valence-corrected chi connectivity index (χ4v) is 2.52. The van der Waals surface area contributed by atoms with Crippen LogP contribution in [0.1, 0.15) is 26.3 Å². The van der Waals surface area contributed by atoms with E-state index in [1.165, 1.54) is 0 Å². The minimum atomic E-state index is 0.0339. The largest absolute Gasteiger partial charge is 0.362 e. The van der Waals surface area contributed by atoms with Crippen molar-refractivity contribution in [2.24, 2.45) is 5.73 Å². The van der Waals surface area contributed by atoms with Crippen molar-refractivity contribution in [2.45, 2.75) is 33.4 Å². The Morgan fingerprint density at radius 2 is 2.16 bits per heavy atom. The molecule has 0 saturated heterocycles. The van der Waals surface area contributed by atoms with Gasteiger partial charge in [0.25, 0.3) is 0 Å². The fourth-order valence-electron chi connectivity index (χ4n) is 1.84. The number of nitrogens with two attached hydrogens (primary N) is 1. The molecule has 1 aromatic rings. The van der Waals surface area contributed by atoms with E-state index >= 15 is 0 Å². The van der Waals surface area contributed by atoms with Gasteiger partial charge in [-0.15, -0.1) is 0 Å². The van der Waals surface area contributed by atoms with Crippen molar-refractivity contribution in [3.63, 3.8) is 0 Å². The first-order chi connectivity index (χ1) is 8.97. The second-order valence-corrected chi connectivity index (χ2v) is 5.58. The summed E-state index contributed by atoms with van der Waals surface area (Å²) in [6, 6.07) is 6.15. The maximum absolute atomic E-state index is 11.8. The van der Waals surface area contributed by atoms with E-state index in [-0.39, 0.29) is 11.9 Å². The van der Waals surface area contributed by atoms with Crippen LogP contribution in [0.5, 0.6) is 0 Å². The second-order valence-electron chi connectivity index (χ2n) is 4.73. The number of anilines is 1. The molecule has 0 aliphatic carbocycles. The van der Waals surface area contributed by atoms with Crippen LogP contribution >= 0.6 is 15.9 Å². The fraction of sp³-hybridized carbons (Fsp3) is 0.500. The second kappa shape index (κ2) is 7.50. The van der Waals surface area contributed by atoms with E-state index in [1.807, 2.05) is 43.9 Å². The van der Waals surface area contributed by atoms with Gasteiger partial charge in [0.05, 0.1) is 12.2 Å². The highest BCUT2D eigenvalue weighted by Gasteiger charge is 2.13. The van der Waals surface area contributed by atoms with Crippen molar-refractivity contribution in [3.8, 4) is 0 Å². The summed E-state index contributed by atoms with van der Waals surface area (Å²) in [5.74, 6) is 0.0339. The molecule has 106 valence electrons. The molecular weight excluding hydrogens is 306 g/mol. The van der Waals surface area contributed by atoms with Crippen molar-refractivity contribution >= 4 is 27.5 Å². The van der Waals surface area contributed by atoms with Gasteiger partial charge >= 0.3 is 0 Å². The van der Waals surface area contributed by atoms with Crippen molar-refractivity contribution < 1.29 is 4.79 Å². The first kappa shape index (κ1) is 16.0. The number of likely N-dealkylation sites (N-methyl/N-ethyl adjacent to an activating group) is 1. The van der Waals surface area contributed by atoms with Crippen LogP contribution < -0.4 is 16.0 Å². The lowest BCUT2D eigenvalue weighted by Crippen LogP contribution is -2.40. The van der Waals surface area contributed by atoms with E-state index in [0.717, 1.165) is 22.3 Å². The van der Waals surface area contributed by atoms with Gasteiger partial charge in [0, 0.05) is 23.6 Å². The molecular formula is C14H22BrN3O. The van der Waals surface area contributed by atoms with Crippen LogP contribution in [0.25, 0.3) is 0 Å². The van der Waals surface area contributed by atoms with Crippen molar-refractivity contribution in [2.75, 3.05) is 18.0 Å². The number of carbonyl (C=O) groups is 1. The molecule has 1 aromatic carbocycles. The smallest absolute Gasteiger partial charge is 0.239 e. The zero-order valence-corrected chi connectivity index (χ0v) is 13.3. The molecule has 0 heterocycles. The molecule has 3 N–H and O–H groups in total. The Labute approximate surface area is 123 Å². The molecule has 0 aromatic heterocycles. The molecule has 0 radical (unpaired) electrons. The number of benzene rings is 1. The lowest BCUT2D eigenvalue weighted by atomic mass is 10.2. The summed E-state index contributed by atoms with van der Waals surface area (Å²) in [5.41, 5.74) is 7.69. The molecule has 5 heteroatoms. The van der Waals surface area contributed by atoms with Gasteiger partial charge in [0.2, 0.25) is 5.91 Å². The standard InChI is InChI=1S/C14H22BrN3O/c1-4-18(9-14(19)17-10(2)3)13-6-5-11(8-16)7-12(13)15/h5-7,10H,4,8-9,16H2,1-3H3,(H,17,19).